The molecule has 144 valence electrons. The fraction of sp³-hybridized carbons (Fsp3) is 0.158. The van der Waals surface area contributed by atoms with Crippen molar-refractivity contribution in [2.75, 3.05) is 6.54 Å². The van der Waals surface area contributed by atoms with Crippen LogP contribution in [0.1, 0.15) is 9.75 Å². The maximum atomic E-state index is 12.7. The van der Waals surface area contributed by atoms with Crippen LogP contribution in [0.5, 0.6) is 0 Å². The van der Waals surface area contributed by atoms with Crippen molar-refractivity contribution in [1.82, 2.24) is 14.9 Å². The average Bonchev–Trinajstić information content (AvgIpc) is 3.43. The van der Waals surface area contributed by atoms with Gasteiger partial charge in [-0.2, -0.15) is 4.98 Å². The lowest BCUT2D eigenvalue weighted by Gasteiger charge is -2.05. The Bertz CT molecular complexity index is 1160. The molecule has 0 fully saturated rings. The molecule has 4 rings (SSSR count). The fourth-order valence-corrected chi connectivity index (χ4v) is 5.96. The maximum Gasteiger partial charge on any atom is 0.268 e. The van der Waals surface area contributed by atoms with E-state index in [0.717, 1.165) is 10.4 Å². The number of aryl methyl sites for hydroxylation is 1. The van der Waals surface area contributed by atoms with Gasteiger partial charge < -0.3 is 4.52 Å². The predicted octanol–water partition coefficient (Wildman–Crippen LogP) is 4.36. The van der Waals surface area contributed by atoms with Crippen LogP contribution in [0.3, 0.4) is 0 Å². The summed E-state index contributed by atoms with van der Waals surface area (Å²) in [4.78, 5) is 7.10. The van der Waals surface area contributed by atoms with Crippen LogP contribution in [0.25, 0.3) is 22.2 Å². The third kappa shape index (κ3) is 4.07. The zero-order valence-electron chi connectivity index (χ0n) is 15.0. The molecule has 9 heteroatoms. The smallest absolute Gasteiger partial charge is 0.268 e. The van der Waals surface area contributed by atoms with Crippen molar-refractivity contribution in [1.29, 1.82) is 0 Å². The molecule has 0 unspecified atom stereocenters. The van der Waals surface area contributed by atoms with Gasteiger partial charge in [0.2, 0.25) is 15.8 Å². The summed E-state index contributed by atoms with van der Waals surface area (Å²) in [5, 5.41) is 5.98. The van der Waals surface area contributed by atoms with Gasteiger partial charge in [0.15, 0.2) is 0 Å². The molecule has 0 saturated heterocycles. The first-order valence-electron chi connectivity index (χ1n) is 8.55. The molecule has 3 heterocycles. The Morgan fingerprint density at radius 2 is 1.96 bits per heavy atom. The van der Waals surface area contributed by atoms with Crippen LogP contribution < -0.4 is 4.72 Å². The first-order chi connectivity index (χ1) is 13.5. The van der Waals surface area contributed by atoms with Gasteiger partial charge in [-0.3, -0.25) is 0 Å². The molecule has 0 atom stereocenters. The second-order valence-corrected chi connectivity index (χ2v) is 10.1. The third-order valence-corrected chi connectivity index (χ3v) is 7.77. The van der Waals surface area contributed by atoms with Gasteiger partial charge in [-0.25, -0.2) is 13.1 Å². The van der Waals surface area contributed by atoms with E-state index in [0.29, 0.717) is 34.4 Å². The molecule has 28 heavy (non-hydrogen) atoms. The minimum Gasteiger partial charge on any atom is -0.333 e. The molecule has 0 bridgehead atoms. The summed E-state index contributed by atoms with van der Waals surface area (Å²) >= 11 is 2.93. The molecular formula is C19H17N3O3S3. The maximum absolute atomic E-state index is 12.7. The minimum absolute atomic E-state index is 0.248. The molecule has 1 aromatic carbocycles. The van der Waals surface area contributed by atoms with Crippen molar-refractivity contribution in [3.63, 3.8) is 0 Å². The number of sulfonamides is 1. The van der Waals surface area contributed by atoms with Crippen molar-refractivity contribution >= 4 is 32.7 Å². The van der Waals surface area contributed by atoms with Crippen LogP contribution in [0.4, 0.5) is 0 Å². The summed E-state index contributed by atoms with van der Waals surface area (Å²) < 4.78 is 33.4. The Labute approximate surface area is 170 Å². The Kier molecular flexibility index (Phi) is 5.40. The van der Waals surface area contributed by atoms with E-state index >= 15 is 0 Å². The number of nitrogens with one attached hydrogen (secondary N) is 1. The lowest BCUT2D eigenvalue weighted by molar-refractivity contribution is 0.433. The topological polar surface area (TPSA) is 85.1 Å². The minimum atomic E-state index is -3.60. The largest absolute Gasteiger partial charge is 0.333 e. The van der Waals surface area contributed by atoms with Gasteiger partial charge in [-0.1, -0.05) is 41.6 Å². The van der Waals surface area contributed by atoms with Crippen molar-refractivity contribution in [2.24, 2.45) is 0 Å². The van der Waals surface area contributed by atoms with Crippen LogP contribution in [0.2, 0.25) is 0 Å². The number of rotatable bonds is 7. The Morgan fingerprint density at radius 1 is 1.14 bits per heavy atom. The highest BCUT2D eigenvalue weighted by Crippen LogP contribution is 2.33. The number of benzene rings is 1. The first kappa shape index (κ1) is 19.0. The number of aromatic nitrogens is 2. The molecule has 1 N–H and O–H groups in total. The van der Waals surface area contributed by atoms with Crippen LogP contribution in [0, 0.1) is 6.92 Å². The number of hydrogen-bond donors (Lipinski definition) is 1. The molecule has 0 aliphatic carbocycles. The number of hydrogen-bond acceptors (Lipinski definition) is 7. The van der Waals surface area contributed by atoms with E-state index in [-0.39, 0.29) is 4.90 Å². The number of thiophene rings is 2. The molecule has 0 spiro atoms. The molecule has 4 aromatic rings. The Hall–Kier alpha value is -2.33. The van der Waals surface area contributed by atoms with Crippen LogP contribution in [-0.2, 0) is 16.4 Å². The summed E-state index contributed by atoms with van der Waals surface area (Å²) in [5.41, 5.74) is 0.842. The van der Waals surface area contributed by atoms with Gasteiger partial charge in [0.25, 0.3) is 5.89 Å². The molecule has 0 saturated carbocycles. The number of nitrogens with zero attached hydrogens (tertiary/aromatic N) is 2. The van der Waals surface area contributed by atoms with Crippen molar-refractivity contribution in [3.8, 4) is 22.2 Å². The molecule has 0 radical (unpaired) electrons. The van der Waals surface area contributed by atoms with Crippen LogP contribution in [0.15, 0.2) is 63.3 Å². The quantitative estimate of drug-likeness (QED) is 0.470. The summed E-state index contributed by atoms with van der Waals surface area (Å²) in [6.07, 6.45) is 0.664. The Balaban J connectivity index is 1.52. The molecule has 6 nitrogen and oxygen atoms in total. The van der Waals surface area contributed by atoms with E-state index in [1.807, 2.05) is 47.8 Å². The predicted molar refractivity (Wildman–Crippen MR) is 111 cm³/mol. The highest BCUT2D eigenvalue weighted by molar-refractivity contribution is 7.89. The monoisotopic (exact) mass is 431 g/mol. The van der Waals surface area contributed by atoms with Gasteiger partial charge in [0.1, 0.15) is 0 Å². The molecule has 0 aliphatic rings. The van der Waals surface area contributed by atoms with Crippen LogP contribution >= 0.6 is 22.7 Å². The summed E-state index contributed by atoms with van der Waals surface area (Å²) in [7, 11) is -3.60. The summed E-state index contributed by atoms with van der Waals surface area (Å²) in [5.74, 6) is 0.784. The normalized spacial score (nSPS) is 11.8. The summed E-state index contributed by atoms with van der Waals surface area (Å²) in [6.45, 7) is 2.13. The van der Waals surface area contributed by atoms with Gasteiger partial charge in [-0.15, -0.1) is 22.7 Å². The molecule has 0 aliphatic heterocycles. The zero-order chi connectivity index (χ0) is 19.6. The van der Waals surface area contributed by atoms with Gasteiger partial charge in [-0.05, 0) is 30.9 Å². The van der Waals surface area contributed by atoms with E-state index in [1.54, 1.807) is 24.3 Å². The third-order valence-electron chi connectivity index (χ3n) is 4.07. The molecular weight excluding hydrogens is 414 g/mol. The van der Waals surface area contributed by atoms with E-state index < -0.39 is 10.0 Å². The highest BCUT2D eigenvalue weighted by Gasteiger charge is 2.22. The lowest BCUT2D eigenvalue weighted by Crippen LogP contribution is -2.25. The first-order valence-corrected chi connectivity index (χ1v) is 11.7. The van der Waals surface area contributed by atoms with Crippen molar-refractivity contribution < 1.29 is 12.9 Å². The van der Waals surface area contributed by atoms with Crippen molar-refractivity contribution in [3.05, 3.63) is 63.7 Å². The van der Waals surface area contributed by atoms with Gasteiger partial charge in [0, 0.05) is 21.9 Å². The van der Waals surface area contributed by atoms with E-state index in [4.69, 9.17) is 4.52 Å². The van der Waals surface area contributed by atoms with E-state index in [1.165, 1.54) is 11.3 Å². The van der Waals surface area contributed by atoms with Crippen molar-refractivity contribution in [2.45, 2.75) is 18.2 Å². The Morgan fingerprint density at radius 3 is 2.71 bits per heavy atom. The summed E-state index contributed by atoms with van der Waals surface area (Å²) in [6, 6.07) is 15.0. The van der Waals surface area contributed by atoms with Gasteiger partial charge in [0.05, 0.1) is 9.77 Å². The van der Waals surface area contributed by atoms with Crippen LogP contribution in [-0.4, -0.2) is 25.1 Å². The zero-order valence-corrected chi connectivity index (χ0v) is 17.4. The SMILES string of the molecule is Cc1sc(-c2nc(-c3ccccc3)no2)cc1S(=O)(=O)NCCc1cccs1. The second-order valence-electron chi connectivity index (χ2n) is 6.05. The second kappa shape index (κ2) is 7.96. The highest BCUT2D eigenvalue weighted by atomic mass is 32.2. The molecule has 0 amide bonds. The average molecular weight is 432 g/mol. The fourth-order valence-electron chi connectivity index (χ4n) is 2.71. The standard InChI is InChI=1S/C19H17N3O3S3/c1-13-17(28(23,24)20-10-9-15-8-5-11-26-15)12-16(27-13)19-21-18(22-25-19)14-6-3-2-4-7-14/h2-8,11-12,20H,9-10H2,1H3. The van der Waals surface area contributed by atoms with E-state index in [9.17, 15) is 8.42 Å². The lowest BCUT2D eigenvalue weighted by atomic mass is 10.2. The van der Waals surface area contributed by atoms with E-state index in [2.05, 4.69) is 14.9 Å². The van der Waals surface area contributed by atoms with Gasteiger partial charge >= 0.3 is 0 Å². The molecule has 3 aromatic heterocycles.